The molecule has 0 bridgehead atoms. The van der Waals surface area contributed by atoms with Crippen molar-refractivity contribution in [3.63, 3.8) is 0 Å². The molecule has 0 unspecified atom stereocenters. The van der Waals surface area contributed by atoms with E-state index in [4.69, 9.17) is 16.3 Å². The van der Waals surface area contributed by atoms with Crippen molar-refractivity contribution >= 4 is 17.3 Å². The fraction of sp³-hybridized carbons (Fsp3) is 0.250. The maximum atomic E-state index is 10.8. The van der Waals surface area contributed by atoms with Crippen LogP contribution in [0.15, 0.2) is 42.5 Å². The number of non-ortho nitro benzene ring substituents is 1. The minimum Gasteiger partial charge on any atom is -0.457 e. The van der Waals surface area contributed by atoms with Crippen molar-refractivity contribution < 1.29 is 9.66 Å². The number of rotatable bonds is 5. The normalized spacial score (nSPS) is 10.7. The average Bonchev–Trinajstić information content (AvgIpc) is 2.48. The fourth-order valence-electron chi connectivity index (χ4n) is 1.93. The van der Waals surface area contributed by atoms with Crippen LogP contribution in [-0.2, 0) is 5.88 Å². The Morgan fingerprint density at radius 1 is 1.19 bits per heavy atom. The summed E-state index contributed by atoms with van der Waals surface area (Å²) in [5, 5.41) is 10.8. The molecule has 0 spiro atoms. The molecule has 0 fully saturated rings. The van der Waals surface area contributed by atoms with Gasteiger partial charge >= 0.3 is 0 Å². The molecule has 0 N–H and O–H groups in total. The molecule has 0 heterocycles. The number of hydrogen-bond acceptors (Lipinski definition) is 3. The quantitative estimate of drug-likeness (QED) is 0.430. The molecule has 0 radical (unpaired) electrons. The lowest BCUT2D eigenvalue weighted by Crippen LogP contribution is -1.94. The molecule has 0 atom stereocenters. The second-order valence-corrected chi connectivity index (χ2v) is 5.28. The Morgan fingerprint density at radius 2 is 1.86 bits per heavy atom. The van der Waals surface area contributed by atoms with Gasteiger partial charge in [0.25, 0.3) is 5.69 Å². The first-order chi connectivity index (χ1) is 10.0. The molecular formula is C16H16ClNO3. The topological polar surface area (TPSA) is 52.4 Å². The minimum absolute atomic E-state index is 0.00755. The second-order valence-electron chi connectivity index (χ2n) is 5.01. The largest absolute Gasteiger partial charge is 0.457 e. The van der Waals surface area contributed by atoms with Crippen molar-refractivity contribution in [3.8, 4) is 11.5 Å². The van der Waals surface area contributed by atoms with Crippen molar-refractivity contribution in [1.29, 1.82) is 0 Å². The zero-order chi connectivity index (χ0) is 15.4. The van der Waals surface area contributed by atoms with E-state index in [1.165, 1.54) is 17.7 Å². The summed E-state index contributed by atoms with van der Waals surface area (Å²) >= 11 is 5.84. The van der Waals surface area contributed by atoms with E-state index in [1.54, 1.807) is 6.07 Å². The van der Waals surface area contributed by atoms with E-state index >= 15 is 0 Å². The highest BCUT2D eigenvalue weighted by Gasteiger charge is 2.12. The van der Waals surface area contributed by atoms with Crippen LogP contribution in [0.5, 0.6) is 11.5 Å². The van der Waals surface area contributed by atoms with E-state index in [0.29, 0.717) is 23.0 Å². The lowest BCUT2D eigenvalue weighted by Gasteiger charge is -2.11. The highest BCUT2D eigenvalue weighted by Crippen LogP contribution is 2.30. The molecule has 110 valence electrons. The van der Waals surface area contributed by atoms with Crippen LogP contribution in [-0.4, -0.2) is 4.92 Å². The number of ether oxygens (including phenoxy) is 1. The Bertz CT molecular complexity index is 638. The molecule has 21 heavy (non-hydrogen) atoms. The van der Waals surface area contributed by atoms with E-state index in [0.717, 1.165) is 0 Å². The molecule has 0 saturated heterocycles. The van der Waals surface area contributed by atoms with Gasteiger partial charge in [-0.25, -0.2) is 0 Å². The molecular weight excluding hydrogens is 290 g/mol. The first-order valence-corrected chi connectivity index (χ1v) is 7.16. The highest BCUT2D eigenvalue weighted by atomic mass is 35.5. The Hall–Kier alpha value is -2.07. The third-order valence-corrected chi connectivity index (χ3v) is 3.46. The predicted molar refractivity (Wildman–Crippen MR) is 83.3 cm³/mol. The predicted octanol–water partition coefficient (Wildman–Crippen LogP) is 5.25. The molecule has 4 nitrogen and oxygen atoms in total. The number of halogens is 1. The van der Waals surface area contributed by atoms with Crippen molar-refractivity contribution in [2.45, 2.75) is 25.6 Å². The number of nitro benzene ring substituents is 1. The maximum Gasteiger partial charge on any atom is 0.270 e. The number of hydrogen-bond donors (Lipinski definition) is 0. The van der Waals surface area contributed by atoms with Gasteiger partial charge in [-0.05, 0) is 29.7 Å². The van der Waals surface area contributed by atoms with Crippen LogP contribution in [0.25, 0.3) is 0 Å². The molecule has 0 aliphatic heterocycles. The summed E-state index contributed by atoms with van der Waals surface area (Å²) in [6, 6.07) is 12.2. The van der Waals surface area contributed by atoms with E-state index in [-0.39, 0.29) is 11.6 Å². The summed E-state index contributed by atoms with van der Waals surface area (Å²) in [4.78, 5) is 10.3. The first kappa shape index (κ1) is 15.3. The van der Waals surface area contributed by atoms with Crippen LogP contribution in [0, 0.1) is 10.1 Å². The number of nitrogens with zero attached hydrogens (tertiary/aromatic N) is 1. The molecule has 0 aliphatic rings. The maximum absolute atomic E-state index is 10.8. The summed E-state index contributed by atoms with van der Waals surface area (Å²) in [6.07, 6.45) is 0. The van der Waals surface area contributed by atoms with Gasteiger partial charge in [0.2, 0.25) is 0 Å². The standard InChI is InChI=1S/C16H16ClNO3/c1-11(2)12-3-6-15(7-4-12)21-16-8-5-14(18(19)20)9-13(16)10-17/h3-9,11H,10H2,1-2H3. The lowest BCUT2D eigenvalue weighted by molar-refractivity contribution is -0.384. The van der Waals surface area contributed by atoms with Crippen LogP contribution < -0.4 is 4.74 Å². The van der Waals surface area contributed by atoms with Crippen molar-refractivity contribution in [1.82, 2.24) is 0 Å². The van der Waals surface area contributed by atoms with E-state index in [9.17, 15) is 10.1 Å². The third kappa shape index (κ3) is 3.73. The van der Waals surface area contributed by atoms with Gasteiger partial charge in [-0.15, -0.1) is 11.6 Å². The lowest BCUT2D eigenvalue weighted by atomic mass is 10.0. The summed E-state index contributed by atoms with van der Waals surface area (Å²) in [6.45, 7) is 4.25. The molecule has 0 saturated carbocycles. The monoisotopic (exact) mass is 305 g/mol. The van der Waals surface area contributed by atoms with Gasteiger partial charge in [0.15, 0.2) is 0 Å². The smallest absolute Gasteiger partial charge is 0.270 e. The fourth-order valence-corrected chi connectivity index (χ4v) is 2.14. The minimum atomic E-state index is -0.447. The van der Waals surface area contributed by atoms with Gasteiger partial charge in [-0.1, -0.05) is 26.0 Å². The number of alkyl halides is 1. The van der Waals surface area contributed by atoms with Crippen LogP contribution in [0.1, 0.15) is 30.9 Å². The van der Waals surface area contributed by atoms with E-state index in [1.807, 2.05) is 24.3 Å². The number of benzene rings is 2. The van der Waals surface area contributed by atoms with Crippen LogP contribution in [0.4, 0.5) is 5.69 Å². The van der Waals surface area contributed by atoms with Gasteiger partial charge in [0, 0.05) is 17.7 Å². The molecule has 0 aromatic heterocycles. The van der Waals surface area contributed by atoms with Gasteiger partial charge in [-0.2, -0.15) is 0 Å². The van der Waals surface area contributed by atoms with Gasteiger partial charge < -0.3 is 4.74 Å². The Balaban J connectivity index is 2.24. The number of nitro groups is 1. The molecule has 5 heteroatoms. The van der Waals surface area contributed by atoms with E-state index in [2.05, 4.69) is 13.8 Å². The SMILES string of the molecule is CC(C)c1ccc(Oc2ccc([N+](=O)[O-])cc2CCl)cc1. The molecule has 0 aliphatic carbocycles. The zero-order valence-corrected chi connectivity index (χ0v) is 12.6. The van der Waals surface area contributed by atoms with Crippen molar-refractivity contribution in [3.05, 3.63) is 63.7 Å². The van der Waals surface area contributed by atoms with Gasteiger partial charge in [-0.3, -0.25) is 10.1 Å². The van der Waals surface area contributed by atoms with Crippen LogP contribution in [0.2, 0.25) is 0 Å². The van der Waals surface area contributed by atoms with Crippen LogP contribution in [0.3, 0.4) is 0 Å². The third-order valence-electron chi connectivity index (χ3n) is 3.17. The van der Waals surface area contributed by atoms with E-state index < -0.39 is 4.92 Å². The van der Waals surface area contributed by atoms with Crippen molar-refractivity contribution in [2.75, 3.05) is 0 Å². The Labute approximate surface area is 128 Å². The van der Waals surface area contributed by atoms with Crippen LogP contribution >= 0.6 is 11.6 Å². The molecule has 2 aromatic rings. The highest BCUT2D eigenvalue weighted by molar-refractivity contribution is 6.17. The molecule has 2 aromatic carbocycles. The zero-order valence-electron chi connectivity index (χ0n) is 11.9. The summed E-state index contributed by atoms with van der Waals surface area (Å²) in [7, 11) is 0. The summed E-state index contributed by atoms with van der Waals surface area (Å²) in [5.74, 6) is 1.82. The van der Waals surface area contributed by atoms with Gasteiger partial charge in [0.1, 0.15) is 11.5 Å². The molecule has 0 amide bonds. The first-order valence-electron chi connectivity index (χ1n) is 6.62. The Kier molecular flexibility index (Phi) is 4.81. The second kappa shape index (κ2) is 6.59. The molecule has 2 rings (SSSR count). The summed E-state index contributed by atoms with van der Waals surface area (Å²) < 4.78 is 5.76. The Morgan fingerprint density at radius 3 is 2.38 bits per heavy atom. The summed E-state index contributed by atoms with van der Waals surface area (Å²) in [5.41, 5.74) is 1.83. The average molecular weight is 306 g/mol. The van der Waals surface area contributed by atoms with Gasteiger partial charge in [0.05, 0.1) is 10.8 Å². The van der Waals surface area contributed by atoms with Crippen molar-refractivity contribution in [2.24, 2.45) is 0 Å².